The van der Waals surface area contributed by atoms with E-state index in [4.69, 9.17) is 0 Å². The molecular formula is C23H34N4O4S2. The van der Waals surface area contributed by atoms with Crippen molar-refractivity contribution in [3.05, 3.63) is 47.5 Å². The molecule has 2 aromatic rings. The van der Waals surface area contributed by atoms with Crippen LogP contribution in [0.15, 0.2) is 46.2 Å². The Kier molecular flexibility index (Phi) is 8.31. The van der Waals surface area contributed by atoms with Crippen LogP contribution < -0.4 is 9.44 Å². The van der Waals surface area contributed by atoms with Gasteiger partial charge in [0.1, 0.15) is 0 Å². The third kappa shape index (κ3) is 6.62. The highest BCUT2D eigenvalue weighted by Gasteiger charge is 2.24. The first kappa shape index (κ1) is 25.8. The standard InChI is InChI=1S/C23H34N4O4S2/c1-26(2)13-5-11-24-32(28,29)20-7-9-22-18(16-20)15-19-17-21(8-10-23(19)22)33(30,31)25-12-6-14-27(3)4/h7-10,16-17,24-25H,5-6,11-15H2,1-4H3. The van der Waals surface area contributed by atoms with E-state index in [-0.39, 0.29) is 9.79 Å². The zero-order valence-corrected chi connectivity index (χ0v) is 21.4. The van der Waals surface area contributed by atoms with Gasteiger partial charge in [-0.25, -0.2) is 26.3 Å². The first-order valence-electron chi connectivity index (χ1n) is 11.0. The Morgan fingerprint density at radius 2 is 1.09 bits per heavy atom. The summed E-state index contributed by atoms with van der Waals surface area (Å²) >= 11 is 0. The Balaban J connectivity index is 1.72. The summed E-state index contributed by atoms with van der Waals surface area (Å²) in [6.45, 7) is 2.36. The van der Waals surface area contributed by atoms with Gasteiger partial charge in [0.2, 0.25) is 20.0 Å². The van der Waals surface area contributed by atoms with Crippen LogP contribution in [-0.2, 0) is 26.5 Å². The maximum Gasteiger partial charge on any atom is 0.240 e. The molecule has 8 nitrogen and oxygen atoms in total. The van der Waals surface area contributed by atoms with Crippen molar-refractivity contribution in [3.63, 3.8) is 0 Å². The van der Waals surface area contributed by atoms with Crippen molar-refractivity contribution in [2.45, 2.75) is 29.1 Å². The van der Waals surface area contributed by atoms with E-state index in [1.54, 1.807) is 24.3 Å². The smallest absolute Gasteiger partial charge is 0.240 e. The molecule has 1 aliphatic carbocycles. The molecule has 10 heteroatoms. The van der Waals surface area contributed by atoms with Crippen LogP contribution in [0, 0.1) is 0 Å². The third-order valence-corrected chi connectivity index (χ3v) is 8.51. The van der Waals surface area contributed by atoms with Crippen molar-refractivity contribution in [3.8, 4) is 11.1 Å². The van der Waals surface area contributed by atoms with Gasteiger partial charge in [0, 0.05) is 13.1 Å². The molecule has 0 aliphatic heterocycles. The highest BCUT2D eigenvalue weighted by molar-refractivity contribution is 7.89. The normalized spacial score (nSPS) is 13.5. The largest absolute Gasteiger partial charge is 0.309 e. The van der Waals surface area contributed by atoms with Crippen molar-refractivity contribution in [1.82, 2.24) is 19.2 Å². The SMILES string of the molecule is CN(C)CCCNS(=O)(=O)c1ccc2c(c1)Cc1cc(S(=O)(=O)NCCCN(C)C)ccc1-2. The second-order valence-corrected chi connectivity index (χ2v) is 12.5. The maximum absolute atomic E-state index is 12.7. The summed E-state index contributed by atoms with van der Waals surface area (Å²) in [5.74, 6) is 0. The molecule has 33 heavy (non-hydrogen) atoms. The van der Waals surface area contributed by atoms with Gasteiger partial charge >= 0.3 is 0 Å². The summed E-state index contributed by atoms with van der Waals surface area (Å²) in [6.07, 6.45) is 1.95. The van der Waals surface area contributed by atoms with Crippen molar-refractivity contribution in [2.24, 2.45) is 0 Å². The van der Waals surface area contributed by atoms with Crippen LogP contribution in [0.2, 0.25) is 0 Å². The Labute approximate surface area is 198 Å². The predicted molar refractivity (Wildman–Crippen MR) is 131 cm³/mol. The van der Waals surface area contributed by atoms with Crippen molar-refractivity contribution in [1.29, 1.82) is 0 Å². The lowest BCUT2D eigenvalue weighted by Crippen LogP contribution is -2.27. The van der Waals surface area contributed by atoms with E-state index in [1.165, 1.54) is 0 Å². The number of nitrogens with zero attached hydrogens (tertiary/aromatic N) is 2. The molecule has 2 aromatic carbocycles. The van der Waals surface area contributed by atoms with Crippen LogP contribution >= 0.6 is 0 Å². The molecule has 0 heterocycles. The highest BCUT2D eigenvalue weighted by atomic mass is 32.2. The molecule has 1 aliphatic rings. The quantitative estimate of drug-likeness (QED) is 0.372. The molecule has 0 radical (unpaired) electrons. The average Bonchev–Trinajstić information content (AvgIpc) is 3.11. The lowest BCUT2D eigenvalue weighted by molar-refractivity contribution is 0.400. The van der Waals surface area contributed by atoms with Crippen molar-refractivity contribution >= 4 is 20.0 Å². The van der Waals surface area contributed by atoms with Crippen molar-refractivity contribution < 1.29 is 16.8 Å². The van der Waals surface area contributed by atoms with Crippen LogP contribution in [0.4, 0.5) is 0 Å². The maximum atomic E-state index is 12.7. The fraction of sp³-hybridized carbons (Fsp3) is 0.478. The Hall–Kier alpha value is -1.82. The number of rotatable bonds is 12. The van der Waals surface area contributed by atoms with E-state index >= 15 is 0 Å². The van der Waals surface area contributed by atoms with Gasteiger partial charge in [0.25, 0.3) is 0 Å². The van der Waals surface area contributed by atoms with E-state index in [0.717, 1.165) is 48.2 Å². The number of hydrogen-bond acceptors (Lipinski definition) is 6. The molecule has 3 rings (SSSR count). The molecule has 0 fully saturated rings. The van der Waals surface area contributed by atoms with Gasteiger partial charge in [-0.2, -0.15) is 0 Å². The molecule has 0 atom stereocenters. The first-order valence-corrected chi connectivity index (χ1v) is 14.0. The van der Waals surface area contributed by atoms with E-state index in [2.05, 4.69) is 9.44 Å². The number of sulfonamides is 2. The number of hydrogen-bond donors (Lipinski definition) is 2. The molecule has 0 spiro atoms. The number of fused-ring (bicyclic) bond motifs is 3. The molecule has 2 N–H and O–H groups in total. The minimum absolute atomic E-state index is 0.231. The topological polar surface area (TPSA) is 98.8 Å². The zero-order chi connectivity index (χ0) is 24.2. The lowest BCUT2D eigenvalue weighted by atomic mass is 10.1. The third-order valence-electron chi connectivity index (χ3n) is 5.59. The molecule has 0 saturated heterocycles. The fourth-order valence-electron chi connectivity index (χ4n) is 3.87. The summed E-state index contributed by atoms with van der Waals surface area (Å²) in [5.41, 5.74) is 3.66. The Bertz CT molecular complexity index is 1100. The van der Waals surface area contributed by atoms with Gasteiger partial charge in [0.15, 0.2) is 0 Å². The molecule has 0 unspecified atom stereocenters. The summed E-state index contributed by atoms with van der Waals surface area (Å²) in [4.78, 5) is 4.48. The lowest BCUT2D eigenvalue weighted by Gasteiger charge is -2.11. The van der Waals surface area contributed by atoms with Crippen molar-refractivity contribution in [2.75, 3.05) is 54.4 Å². The zero-order valence-electron chi connectivity index (χ0n) is 19.8. The van der Waals surface area contributed by atoms with Crippen LogP contribution in [-0.4, -0.2) is 81.0 Å². The monoisotopic (exact) mass is 494 g/mol. The Morgan fingerprint density at radius 1 is 0.697 bits per heavy atom. The Morgan fingerprint density at radius 3 is 1.45 bits per heavy atom. The summed E-state index contributed by atoms with van der Waals surface area (Å²) < 4.78 is 56.1. The molecular weight excluding hydrogens is 460 g/mol. The highest BCUT2D eigenvalue weighted by Crippen LogP contribution is 2.38. The summed E-state index contributed by atoms with van der Waals surface area (Å²) in [7, 11) is 0.605. The van der Waals surface area contributed by atoms with E-state index in [0.29, 0.717) is 19.5 Å². The predicted octanol–water partition coefficient (Wildman–Crippen LogP) is 1.72. The average molecular weight is 495 g/mol. The molecule has 0 saturated carbocycles. The van der Waals surface area contributed by atoms with Gasteiger partial charge in [-0.15, -0.1) is 0 Å². The molecule has 0 amide bonds. The second-order valence-electron chi connectivity index (χ2n) is 8.92. The first-order chi connectivity index (χ1) is 15.5. The van der Waals surface area contributed by atoms with Crippen LogP contribution in [0.5, 0.6) is 0 Å². The van der Waals surface area contributed by atoms with Gasteiger partial charge in [-0.3, -0.25) is 0 Å². The fourth-order valence-corrected chi connectivity index (χ4v) is 6.12. The second kappa shape index (κ2) is 10.6. The van der Waals surface area contributed by atoms with Crippen LogP contribution in [0.3, 0.4) is 0 Å². The molecule has 0 aromatic heterocycles. The molecule has 182 valence electrons. The number of nitrogens with one attached hydrogen (secondary N) is 2. The van der Waals surface area contributed by atoms with Crippen LogP contribution in [0.25, 0.3) is 11.1 Å². The minimum atomic E-state index is -3.60. The summed E-state index contributed by atoms with van der Waals surface area (Å²) in [6, 6.07) is 10.2. The molecule has 0 bridgehead atoms. The van der Waals surface area contributed by atoms with E-state index in [1.807, 2.05) is 50.1 Å². The van der Waals surface area contributed by atoms with Gasteiger partial charge in [-0.1, -0.05) is 12.1 Å². The van der Waals surface area contributed by atoms with E-state index < -0.39 is 20.0 Å². The summed E-state index contributed by atoms with van der Waals surface area (Å²) in [5, 5.41) is 0. The van der Waals surface area contributed by atoms with E-state index in [9.17, 15) is 16.8 Å². The van der Waals surface area contributed by atoms with Gasteiger partial charge in [-0.05, 0) is 107 Å². The van der Waals surface area contributed by atoms with Crippen LogP contribution in [0.1, 0.15) is 24.0 Å². The minimum Gasteiger partial charge on any atom is -0.309 e. The number of benzene rings is 2. The van der Waals surface area contributed by atoms with Gasteiger partial charge in [0.05, 0.1) is 9.79 Å². The van der Waals surface area contributed by atoms with Gasteiger partial charge < -0.3 is 9.80 Å².